The van der Waals surface area contributed by atoms with Gasteiger partial charge in [0.05, 0.1) is 59.5 Å². The molecule has 1 fully saturated rings. The van der Waals surface area contributed by atoms with E-state index in [-0.39, 0.29) is 6.10 Å². The third-order valence-electron chi connectivity index (χ3n) is 5.25. The van der Waals surface area contributed by atoms with Gasteiger partial charge in [-0.2, -0.15) is 0 Å². The van der Waals surface area contributed by atoms with Crippen molar-refractivity contribution < 1.29 is 23.7 Å². The molecule has 1 saturated heterocycles. The normalized spacial score (nSPS) is 22.2. The lowest BCUT2D eigenvalue weighted by molar-refractivity contribution is -0.0231. The lowest BCUT2D eigenvalue weighted by atomic mass is 10.4. The molecule has 0 spiro atoms. The zero-order valence-electron chi connectivity index (χ0n) is 18.2. The van der Waals surface area contributed by atoms with Gasteiger partial charge in [-0.1, -0.05) is 47.5 Å². The lowest BCUT2D eigenvalue weighted by Gasteiger charge is -2.38. The molecule has 158 valence electrons. The van der Waals surface area contributed by atoms with Crippen LogP contribution in [0.1, 0.15) is 41.5 Å². The first-order chi connectivity index (χ1) is 12.9. The van der Waals surface area contributed by atoms with Crippen LogP contribution in [0.3, 0.4) is 0 Å². The second-order valence-corrected chi connectivity index (χ2v) is 13.5. The fraction of sp³-hybridized carbons (Fsp3) is 0.905. The average Bonchev–Trinajstić information content (AvgIpc) is 2.61. The third kappa shape index (κ3) is 8.64. The topological polar surface area (TPSA) is 46.2 Å². The maximum atomic E-state index is 5.97. The smallest absolute Gasteiger partial charge is 0.146 e. The van der Waals surface area contributed by atoms with Gasteiger partial charge in [-0.15, -0.1) is 5.54 Å². The van der Waals surface area contributed by atoms with Crippen LogP contribution in [0.5, 0.6) is 0 Å². The van der Waals surface area contributed by atoms with Crippen molar-refractivity contribution in [2.75, 3.05) is 59.5 Å². The molecule has 1 rings (SSSR count). The molecule has 5 nitrogen and oxygen atoms in total. The van der Waals surface area contributed by atoms with Gasteiger partial charge in [0.15, 0.2) is 0 Å². The molecule has 0 bridgehead atoms. The number of rotatable bonds is 3. The number of ether oxygens (including phenoxy) is 5. The van der Waals surface area contributed by atoms with Crippen molar-refractivity contribution >= 4 is 8.07 Å². The minimum Gasteiger partial charge on any atom is -0.377 e. The fourth-order valence-electron chi connectivity index (χ4n) is 3.87. The summed E-state index contributed by atoms with van der Waals surface area (Å²) in [6.07, 6.45) is -0.224. The first-order valence-corrected chi connectivity index (χ1v) is 12.6. The third-order valence-corrected chi connectivity index (χ3v) is 11.6. The Hall–Kier alpha value is -0.423. The van der Waals surface area contributed by atoms with Gasteiger partial charge in [0.25, 0.3) is 0 Å². The second kappa shape index (κ2) is 13.7. The van der Waals surface area contributed by atoms with Gasteiger partial charge in [-0.05, 0) is 16.6 Å². The Kier molecular flexibility index (Phi) is 12.5. The minimum atomic E-state index is -1.77. The van der Waals surface area contributed by atoms with Crippen molar-refractivity contribution in [1.82, 2.24) is 0 Å². The lowest BCUT2D eigenvalue weighted by Crippen LogP contribution is -2.43. The molecule has 6 heteroatoms. The zero-order valence-corrected chi connectivity index (χ0v) is 19.2. The Bertz CT molecular complexity index is 404. The molecule has 0 N–H and O–H groups in total. The molecule has 1 unspecified atom stereocenters. The Morgan fingerprint density at radius 1 is 0.630 bits per heavy atom. The van der Waals surface area contributed by atoms with E-state index in [9.17, 15) is 0 Å². The van der Waals surface area contributed by atoms with Gasteiger partial charge in [0, 0.05) is 0 Å². The summed E-state index contributed by atoms with van der Waals surface area (Å²) in [5.74, 6) is 3.44. The molecule has 1 atom stereocenters. The Morgan fingerprint density at radius 2 is 1.04 bits per heavy atom. The molecule has 1 aliphatic rings. The standard InChI is InChI=1S/C21H40O5Si/c1-18(2)27(19(3)4,20(5)6)16-7-21-17-25-13-12-23-9-8-22-10-11-24-14-15-26-21/h18-21H,8-15,17H2,1-6H3. The predicted octanol–water partition coefficient (Wildman–Crippen LogP) is 3.67. The van der Waals surface area contributed by atoms with Gasteiger partial charge >= 0.3 is 0 Å². The van der Waals surface area contributed by atoms with E-state index in [2.05, 4.69) is 53.0 Å². The van der Waals surface area contributed by atoms with E-state index in [0.717, 1.165) is 0 Å². The highest BCUT2D eigenvalue weighted by Crippen LogP contribution is 2.40. The first-order valence-electron chi connectivity index (χ1n) is 10.4. The van der Waals surface area contributed by atoms with E-state index >= 15 is 0 Å². The van der Waals surface area contributed by atoms with E-state index in [1.165, 1.54) is 0 Å². The van der Waals surface area contributed by atoms with Crippen LogP contribution in [0.2, 0.25) is 16.6 Å². The van der Waals surface area contributed by atoms with E-state index in [1.54, 1.807) is 0 Å². The molecule has 0 aliphatic carbocycles. The van der Waals surface area contributed by atoms with Crippen LogP contribution in [0, 0.1) is 11.5 Å². The minimum absolute atomic E-state index is 0.224. The molecule has 0 radical (unpaired) electrons. The SMILES string of the molecule is CC(C)[Si](C#CC1COCCOCCOCCOCCO1)(C(C)C)C(C)C. The Labute approximate surface area is 167 Å². The van der Waals surface area contributed by atoms with Gasteiger partial charge in [-0.3, -0.25) is 0 Å². The molecule has 0 saturated carbocycles. The molecule has 0 aromatic carbocycles. The molecule has 27 heavy (non-hydrogen) atoms. The first kappa shape index (κ1) is 24.6. The van der Waals surface area contributed by atoms with E-state index < -0.39 is 8.07 Å². The Balaban J connectivity index is 2.80. The summed E-state index contributed by atoms with van der Waals surface area (Å²) < 4.78 is 28.2. The van der Waals surface area contributed by atoms with Gasteiger partial charge in [-0.25, -0.2) is 0 Å². The van der Waals surface area contributed by atoms with Gasteiger partial charge in [0.2, 0.25) is 0 Å². The molecular formula is C21H40O5Si. The van der Waals surface area contributed by atoms with Gasteiger partial charge < -0.3 is 23.7 Å². The summed E-state index contributed by atoms with van der Waals surface area (Å²) in [7, 11) is -1.77. The summed E-state index contributed by atoms with van der Waals surface area (Å²) in [6, 6.07) is 0. The average molecular weight is 401 g/mol. The fourth-order valence-corrected chi connectivity index (χ4v) is 9.15. The second-order valence-electron chi connectivity index (χ2n) is 7.94. The van der Waals surface area contributed by atoms with Crippen LogP contribution in [-0.4, -0.2) is 73.6 Å². The van der Waals surface area contributed by atoms with Crippen molar-refractivity contribution in [3.05, 3.63) is 0 Å². The number of hydrogen-bond donors (Lipinski definition) is 0. The van der Waals surface area contributed by atoms with Crippen LogP contribution in [-0.2, 0) is 23.7 Å². The summed E-state index contributed by atoms with van der Waals surface area (Å²) in [5.41, 5.74) is 5.54. The summed E-state index contributed by atoms with van der Waals surface area (Å²) >= 11 is 0. The summed E-state index contributed by atoms with van der Waals surface area (Å²) in [6.45, 7) is 18.9. The van der Waals surface area contributed by atoms with E-state index in [0.29, 0.717) is 76.1 Å². The molecule has 0 amide bonds. The zero-order chi connectivity index (χ0) is 20.1. The van der Waals surface area contributed by atoms with Crippen molar-refractivity contribution in [2.24, 2.45) is 0 Å². The predicted molar refractivity (Wildman–Crippen MR) is 112 cm³/mol. The van der Waals surface area contributed by atoms with E-state index in [1.807, 2.05) is 0 Å². The van der Waals surface area contributed by atoms with E-state index in [4.69, 9.17) is 23.7 Å². The highest BCUT2D eigenvalue weighted by molar-refractivity contribution is 6.90. The van der Waals surface area contributed by atoms with Crippen molar-refractivity contribution in [2.45, 2.75) is 64.3 Å². The Morgan fingerprint density at radius 3 is 1.48 bits per heavy atom. The summed E-state index contributed by atoms with van der Waals surface area (Å²) in [4.78, 5) is 0. The highest BCUT2D eigenvalue weighted by Gasteiger charge is 2.41. The van der Waals surface area contributed by atoms with Crippen LogP contribution in [0.4, 0.5) is 0 Å². The maximum Gasteiger partial charge on any atom is 0.146 e. The molecule has 0 aromatic rings. The number of hydrogen-bond acceptors (Lipinski definition) is 5. The summed E-state index contributed by atoms with van der Waals surface area (Å²) in [5, 5.41) is 0. The molecule has 0 aromatic heterocycles. The quantitative estimate of drug-likeness (QED) is 0.534. The maximum absolute atomic E-state index is 5.97. The molecule has 1 heterocycles. The van der Waals surface area contributed by atoms with Crippen molar-refractivity contribution in [3.63, 3.8) is 0 Å². The monoisotopic (exact) mass is 400 g/mol. The van der Waals surface area contributed by atoms with Crippen LogP contribution in [0.15, 0.2) is 0 Å². The highest BCUT2D eigenvalue weighted by atomic mass is 28.3. The largest absolute Gasteiger partial charge is 0.377 e. The molecular weight excluding hydrogens is 360 g/mol. The van der Waals surface area contributed by atoms with Crippen molar-refractivity contribution in [3.8, 4) is 11.5 Å². The van der Waals surface area contributed by atoms with Crippen LogP contribution in [0.25, 0.3) is 0 Å². The van der Waals surface area contributed by atoms with Crippen LogP contribution >= 0.6 is 0 Å². The van der Waals surface area contributed by atoms with Gasteiger partial charge in [0.1, 0.15) is 14.2 Å². The van der Waals surface area contributed by atoms with Crippen LogP contribution < -0.4 is 0 Å². The molecule has 1 aliphatic heterocycles. The van der Waals surface area contributed by atoms with Crippen molar-refractivity contribution in [1.29, 1.82) is 0 Å².